The number of aromatic nitrogens is 3. The molecule has 2 aromatic heterocycles. The van der Waals surface area contributed by atoms with Gasteiger partial charge in [-0.15, -0.1) is 16.4 Å². The Morgan fingerprint density at radius 3 is 3.11 bits per heavy atom. The van der Waals surface area contributed by atoms with Gasteiger partial charge in [-0.25, -0.2) is 14.7 Å². The molecule has 1 saturated carbocycles. The molecule has 19 heavy (non-hydrogen) atoms. The molecule has 2 aromatic rings. The fourth-order valence-corrected chi connectivity index (χ4v) is 3.68. The van der Waals surface area contributed by atoms with Gasteiger partial charge in [-0.05, 0) is 29.9 Å². The van der Waals surface area contributed by atoms with Crippen LogP contribution in [0.1, 0.15) is 34.1 Å². The molecule has 8 heteroatoms. The molecule has 1 aliphatic rings. The number of thiophene rings is 1. The molecule has 2 heterocycles. The van der Waals surface area contributed by atoms with Crippen LogP contribution in [0.25, 0.3) is 0 Å². The molecular formula is C11H11N3O3S2. The van der Waals surface area contributed by atoms with Crippen molar-refractivity contribution in [2.75, 3.05) is 0 Å². The highest BCUT2D eigenvalue weighted by Crippen LogP contribution is 2.36. The standard InChI is InChI=1S/C11H11N3O3S2/c15-9(16)8-6(3-4-18-8)5-19-11-13-12-10(17)14(11)7-1-2-7/h3-4,7H,1-2,5H2,(H,12,17)(H,15,16). The first-order valence-corrected chi connectivity index (χ1v) is 7.62. The second-order valence-electron chi connectivity index (χ2n) is 4.28. The van der Waals surface area contributed by atoms with E-state index in [-0.39, 0.29) is 11.7 Å². The Bertz CT molecular complexity index is 669. The molecule has 0 amide bonds. The summed E-state index contributed by atoms with van der Waals surface area (Å²) in [6.45, 7) is 0. The minimum Gasteiger partial charge on any atom is -0.477 e. The van der Waals surface area contributed by atoms with Crippen LogP contribution in [0.5, 0.6) is 0 Å². The summed E-state index contributed by atoms with van der Waals surface area (Å²) in [6, 6.07) is 2.06. The van der Waals surface area contributed by atoms with Crippen LogP contribution in [0.2, 0.25) is 0 Å². The molecule has 100 valence electrons. The van der Waals surface area contributed by atoms with Crippen LogP contribution in [0, 0.1) is 0 Å². The molecule has 3 rings (SSSR count). The van der Waals surface area contributed by atoms with Gasteiger partial charge >= 0.3 is 11.7 Å². The predicted octanol–water partition coefficient (Wildman–Crippen LogP) is 1.96. The number of carboxylic acids is 1. The number of hydrogen-bond acceptors (Lipinski definition) is 5. The second-order valence-corrected chi connectivity index (χ2v) is 6.14. The summed E-state index contributed by atoms with van der Waals surface area (Å²) in [7, 11) is 0. The minimum absolute atomic E-state index is 0.186. The van der Waals surface area contributed by atoms with Crippen molar-refractivity contribution in [2.24, 2.45) is 0 Å². The van der Waals surface area contributed by atoms with Crippen LogP contribution in [0.15, 0.2) is 21.4 Å². The lowest BCUT2D eigenvalue weighted by Crippen LogP contribution is -2.16. The number of nitrogens with one attached hydrogen (secondary N) is 1. The summed E-state index contributed by atoms with van der Waals surface area (Å²) in [4.78, 5) is 23.0. The molecule has 1 fully saturated rings. The summed E-state index contributed by atoms with van der Waals surface area (Å²) in [6.07, 6.45) is 2.01. The second kappa shape index (κ2) is 4.86. The number of aromatic carboxylic acids is 1. The number of carbonyl (C=O) groups is 1. The van der Waals surface area contributed by atoms with E-state index in [9.17, 15) is 9.59 Å². The SMILES string of the molecule is O=C(O)c1sccc1CSc1n[nH]c(=O)n1C1CC1. The van der Waals surface area contributed by atoms with Crippen molar-refractivity contribution >= 4 is 29.1 Å². The maximum atomic E-state index is 11.6. The minimum atomic E-state index is -0.910. The highest BCUT2D eigenvalue weighted by atomic mass is 32.2. The molecule has 0 unspecified atom stereocenters. The fraction of sp³-hybridized carbons (Fsp3) is 0.364. The molecule has 0 radical (unpaired) electrons. The van der Waals surface area contributed by atoms with Gasteiger partial charge in [0.15, 0.2) is 5.16 Å². The number of hydrogen-bond donors (Lipinski definition) is 2. The third-order valence-electron chi connectivity index (χ3n) is 2.88. The smallest absolute Gasteiger partial charge is 0.346 e. The van der Waals surface area contributed by atoms with Crippen LogP contribution in [-0.2, 0) is 5.75 Å². The number of carboxylic acid groups (broad SMARTS) is 1. The van der Waals surface area contributed by atoms with Gasteiger partial charge in [0.2, 0.25) is 0 Å². The maximum absolute atomic E-state index is 11.6. The summed E-state index contributed by atoms with van der Waals surface area (Å²) in [5.41, 5.74) is 0.578. The average molecular weight is 297 g/mol. The van der Waals surface area contributed by atoms with E-state index >= 15 is 0 Å². The number of nitrogens with zero attached hydrogens (tertiary/aromatic N) is 2. The molecule has 0 spiro atoms. The number of thioether (sulfide) groups is 1. The van der Waals surface area contributed by atoms with Crippen molar-refractivity contribution in [1.29, 1.82) is 0 Å². The molecule has 0 bridgehead atoms. The molecule has 0 aromatic carbocycles. The Kier molecular flexibility index (Phi) is 3.19. The van der Waals surface area contributed by atoms with Crippen LogP contribution in [0.4, 0.5) is 0 Å². The largest absolute Gasteiger partial charge is 0.477 e. The van der Waals surface area contributed by atoms with Crippen molar-refractivity contribution in [3.8, 4) is 0 Å². The Morgan fingerprint density at radius 1 is 1.63 bits per heavy atom. The first-order chi connectivity index (χ1) is 9.16. The molecule has 6 nitrogen and oxygen atoms in total. The van der Waals surface area contributed by atoms with Crippen LogP contribution in [0.3, 0.4) is 0 Å². The summed E-state index contributed by atoms with van der Waals surface area (Å²) >= 11 is 2.60. The normalized spacial score (nSPS) is 14.7. The van der Waals surface area contributed by atoms with Crippen molar-refractivity contribution in [3.63, 3.8) is 0 Å². The lowest BCUT2D eigenvalue weighted by atomic mass is 10.3. The average Bonchev–Trinajstić information content (AvgIpc) is 2.97. The van der Waals surface area contributed by atoms with E-state index in [1.165, 1.54) is 23.1 Å². The molecule has 2 N–H and O–H groups in total. The van der Waals surface area contributed by atoms with E-state index in [4.69, 9.17) is 5.11 Å². The zero-order valence-electron chi connectivity index (χ0n) is 9.83. The van der Waals surface area contributed by atoms with Gasteiger partial charge in [-0.2, -0.15) is 0 Å². The third-order valence-corrected chi connectivity index (χ3v) is 4.83. The first kappa shape index (κ1) is 12.5. The Balaban J connectivity index is 1.77. The van der Waals surface area contributed by atoms with Gasteiger partial charge in [0.1, 0.15) is 4.88 Å². The highest BCUT2D eigenvalue weighted by molar-refractivity contribution is 7.98. The monoisotopic (exact) mass is 297 g/mol. The molecule has 0 saturated heterocycles. The van der Waals surface area contributed by atoms with E-state index in [0.29, 0.717) is 15.8 Å². The van der Waals surface area contributed by atoms with Crippen molar-refractivity contribution < 1.29 is 9.90 Å². The van der Waals surface area contributed by atoms with E-state index in [2.05, 4.69) is 10.2 Å². The topological polar surface area (TPSA) is 88.0 Å². The molecule has 0 atom stereocenters. The van der Waals surface area contributed by atoms with E-state index in [1.807, 2.05) is 0 Å². The quantitative estimate of drug-likeness (QED) is 0.824. The zero-order valence-corrected chi connectivity index (χ0v) is 11.5. The van der Waals surface area contributed by atoms with Gasteiger partial charge < -0.3 is 5.11 Å². The Morgan fingerprint density at radius 2 is 2.42 bits per heavy atom. The third kappa shape index (κ3) is 2.45. The fourth-order valence-electron chi connectivity index (χ4n) is 1.83. The lowest BCUT2D eigenvalue weighted by Gasteiger charge is -2.03. The molecule has 1 aliphatic carbocycles. The Labute approximate surface area is 116 Å². The van der Waals surface area contributed by atoms with Crippen molar-refractivity contribution in [2.45, 2.75) is 29.8 Å². The van der Waals surface area contributed by atoms with E-state index in [0.717, 1.165) is 18.4 Å². The molecular weight excluding hydrogens is 286 g/mol. The number of rotatable bonds is 5. The van der Waals surface area contributed by atoms with Crippen molar-refractivity contribution in [3.05, 3.63) is 32.4 Å². The van der Waals surface area contributed by atoms with E-state index < -0.39 is 5.97 Å². The number of H-pyrrole nitrogens is 1. The predicted molar refractivity (Wildman–Crippen MR) is 72.0 cm³/mol. The van der Waals surface area contributed by atoms with Gasteiger partial charge in [-0.1, -0.05) is 11.8 Å². The Hall–Kier alpha value is -1.54. The maximum Gasteiger partial charge on any atom is 0.346 e. The highest BCUT2D eigenvalue weighted by Gasteiger charge is 2.28. The lowest BCUT2D eigenvalue weighted by molar-refractivity contribution is 0.0701. The van der Waals surface area contributed by atoms with Gasteiger partial charge in [0, 0.05) is 11.8 Å². The van der Waals surface area contributed by atoms with Crippen molar-refractivity contribution in [1.82, 2.24) is 14.8 Å². The van der Waals surface area contributed by atoms with Crippen LogP contribution < -0.4 is 5.69 Å². The molecule has 0 aliphatic heterocycles. The summed E-state index contributed by atoms with van der Waals surface area (Å²) in [5, 5.41) is 17.9. The van der Waals surface area contributed by atoms with Crippen LogP contribution >= 0.6 is 23.1 Å². The zero-order chi connectivity index (χ0) is 13.4. The van der Waals surface area contributed by atoms with Gasteiger partial charge in [0.25, 0.3) is 0 Å². The van der Waals surface area contributed by atoms with Crippen LogP contribution in [-0.4, -0.2) is 25.8 Å². The van der Waals surface area contributed by atoms with Gasteiger partial charge in [0.05, 0.1) is 0 Å². The van der Waals surface area contributed by atoms with E-state index in [1.54, 1.807) is 16.0 Å². The van der Waals surface area contributed by atoms with Gasteiger partial charge in [-0.3, -0.25) is 4.57 Å². The summed E-state index contributed by atoms with van der Waals surface area (Å²) in [5.74, 6) is -0.408. The summed E-state index contributed by atoms with van der Waals surface area (Å²) < 4.78 is 1.66. The first-order valence-electron chi connectivity index (χ1n) is 5.76. The number of aromatic amines is 1.